The van der Waals surface area contributed by atoms with Crippen LogP contribution in [0.4, 0.5) is 4.79 Å². The van der Waals surface area contributed by atoms with E-state index in [0.717, 1.165) is 0 Å². The molecular weight excluding hydrogens is 515 g/mol. The second kappa shape index (κ2) is 11.7. The van der Waals surface area contributed by atoms with E-state index in [0.29, 0.717) is 5.02 Å². The Kier molecular flexibility index (Phi) is 8.48. The Morgan fingerprint density at radius 3 is 1.44 bits per heavy atom. The van der Waals surface area contributed by atoms with Crippen LogP contribution in [0.1, 0.15) is 21.0 Å². The molecule has 36 heavy (non-hydrogen) atoms. The second-order valence-corrected chi connectivity index (χ2v) is 7.62. The van der Waals surface area contributed by atoms with Crippen LogP contribution in [-0.4, -0.2) is 71.2 Å². The third kappa shape index (κ3) is 6.52. The zero-order chi connectivity index (χ0) is 26.2. The summed E-state index contributed by atoms with van der Waals surface area (Å²) in [7, 11) is 3.31. The number of aryl methyl sites for hydroxylation is 2. The Morgan fingerprint density at radius 2 is 1.14 bits per heavy atom. The van der Waals surface area contributed by atoms with Crippen molar-refractivity contribution in [3.63, 3.8) is 0 Å². The molecule has 0 unspecified atom stereocenters. The highest BCUT2D eigenvalue weighted by atomic mass is 35.5. The highest BCUT2D eigenvalue weighted by Crippen LogP contribution is 2.14. The average molecular weight is 533 g/mol. The third-order valence-electron chi connectivity index (χ3n) is 4.16. The van der Waals surface area contributed by atoms with Gasteiger partial charge in [0.15, 0.2) is 11.4 Å². The molecule has 0 saturated heterocycles. The molecule has 0 saturated carbocycles. The van der Waals surface area contributed by atoms with Crippen LogP contribution in [0.15, 0.2) is 68.6 Å². The summed E-state index contributed by atoms with van der Waals surface area (Å²) >= 11 is 11.3. The summed E-state index contributed by atoms with van der Waals surface area (Å²) in [6.45, 7) is 0. The van der Waals surface area contributed by atoms with Gasteiger partial charge in [-0.15, -0.1) is 0 Å². The van der Waals surface area contributed by atoms with Crippen molar-refractivity contribution < 1.29 is 19.5 Å². The number of carbonyl (C=O) groups is 3. The predicted octanol–water partition coefficient (Wildman–Crippen LogP) is 2.33. The molecule has 0 aromatic carbocycles. The van der Waals surface area contributed by atoms with E-state index in [1.807, 2.05) is 0 Å². The number of hydrogen-bond acceptors (Lipinski definition) is 8. The lowest BCUT2D eigenvalue weighted by atomic mass is 10.4. The second-order valence-electron chi connectivity index (χ2n) is 6.80. The number of carbonyl (C=O) groups excluding carboxylic acids is 2. The van der Waals surface area contributed by atoms with Gasteiger partial charge in [0.25, 0.3) is 5.91 Å². The highest BCUT2D eigenvalue weighted by Gasteiger charge is 2.16. The number of aromatic nitrogens is 10. The maximum absolute atomic E-state index is 11.7. The van der Waals surface area contributed by atoms with Gasteiger partial charge in [-0.2, -0.15) is 10.2 Å². The smallest absolute Gasteiger partial charge is 0.357 e. The van der Waals surface area contributed by atoms with Crippen molar-refractivity contribution in [3.8, 4) is 0 Å². The van der Waals surface area contributed by atoms with Crippen LogP contribution < -0.4 is 0 Å². The summed E-state index contributed by atoms with van der Waals surface area (Å²) in [5.41, 5.74) is 0.122. The summed E-state index contributed by atoms with van der Waals surface area (Å²) in [4.78, 5) is 44.7. The zero-order valence-electron chi connectivity index (χ0n) is 18.8. The molecule has 0 bridgehead atoms. The number of hydrogen-bond donors (Lipinski definition) is 1. The Morgan fingerprint density at radius 1 is 0.722 bits per heavy atom. The van der Waals surface area contributed by atoms with Crippen molar-refractivity contribution in [2.75, 3.05) is 0 Å². The van der Waals surface area contributed by atoms with Gasteiger partial charge in [-0.05, 0) is 0 Å². The van der Waals surface area contributed by atoms with Crippen LogP contribution in [0.2, 0.25) is 10.0 Å². The normalized spacial score (nSPS) is 10.1. The lowest BCUT2D eigenvalue weighted by Crippen LogP contribution is -2.15. The summed E-state index contributed by atoms with van der Waals surface area (Å²) < 4.78 is 6.93. The van der Waals surface area contributed by atoms with E-state index in [1.165, 1.54) is 54.4 Å². The number of nitrogens with zero attached hydrogens (tertiary/aromatic N) is 10. The number of carboxylic acid groups (broad SMARTS) is 1. The maximum atomic E-state index is 11.7. The number of aromatic carboxylic acids is 1. The SMILES string of the molecule is Cn1cc(Cl)c(C(=O)O)n1.Cn1cc(Cl)c(C(=O)n2ccnc2)n1.O=C(n1ccnc1)n1ccnc1. The van der Waals surface area contributed by atoms with Crippen LogP contribution in [0.5, 0.6) is 0 Å². The van der Waals surface area contributed by atoms with Gasteiger partial charge in [0.2, 0.25) is 0 Å². The summed E-state index contributed by atoms with van der Waals surface area (Å²) in [5.74, 6) is -1.39. The van der Waals surface area contributed by atoms with Crippen molar-refractivity contribution in [1.82, 2.24) is 48.2 Å². The molecular formula is C20H18Cl2N10O4. The van der Waals surface area contributed by atoms with E-state index >= 15 is 0 Å². The Labute approximate surface area is 213 Å². The van der Waals surface area contributed by atoms with Crippen molar-refractivity contribution in [1.29, 1.82) is 0 Å². The average Bonchev–Trinajstić information content (AvgIpc) is 3.65. The largest absolute Gasteiger partial charge is 0.476 e. The highest BCUT2D eigenvalue weighted by molar-refractivity contribution is 6.33. The Bertz CT molecular complexity index is 1400. The van der Waals surface area contributed by atoms with E-state index in [2.05, 4.69) is 25.1 Å². The molecule has 5 aromatic heterocycles. The predicted molar refractivity (Wildman–Crippen MR) is 126 cm³/mol. The lowest BCUT2D eigenvalue weighted by molar-refractivity contribution is 0.0689. The first-order valence-corrected chi connectivity index (χ1v) is 10.6. The fourth-order valence-electron chi connectivity index (χ4n) is 2.59. The number of halogens is 2. The van der Waals surface area contributed by atoms with Crippen molar-refractivity contribution in [3.05, 3.63) is 90.0 Å². The third-order valence-corrected chi connectivity index (χ3v) is 4.72. The van der Waals surface area contributed by atoms with E-state index < -0.39 is 5.97 Å². The summed E-state index contributed by atoms with van der Waals surface area (Å²) in [6, 6.07) is -0.190. The molecule has 0 radical (unpaired) electrons. The van der Waals surface area contributed by atoms with Crippen LogP contribution in [-0.2, 0) is 14.1 Å². The van der Waals surface area contributed by atoms with Gasteiger partial charge in [0.05, 0.1) is 10.0 Å². The quantitative estimate of drug-likeness (QED) is 0.359. The molecule has 186 valence electrons. The number of imidazole rings is 3. The first-order valence-electron chi connectivity index (χ1n) is 9.82. The molecule has 0 amide bonds. The molecule has 5 rings (SSSR count). The minimum Gasteiger partial charge on any atom is -0.476 e. The van der Waals surface area contributed by atoms with Gasteiger partial charge in [0.1, 0.15) is 19.0 Å². The van der Waals surface area contributed by atoms with E-state index in [1.54, 1.807) is 51.3 Å². The van der Waals surface area contributed by atoms with Gasteiger partial charge >= 0.3 is 12.0 Å². The van der Waals surface area contributed by atoms with Gasteiger partial charge in [-0.3, -0.25) is 27.9 Å². The topological polar surface area (TPSA) is 161 Å². The standard InChI is InChI=1S/C8H7ClN4O.C7H6N4O.C5H5ClN2O2/c1-12-4-6(9)7(11-12)8(14)13-3-2-10-5-13;12-7(10-3-1-8-5-10)11-4-2-9-6-11;1-8-2-3(6)4(7-8)5(9)10/h2-5H,1H3;1-6H;2H,1H3,(H,9,10). The van der Waals surface area contributed by atoms with Gasteiger partial charge < -0.3 is 5.11 Å². The molecule has 14 nitrogen and oxygen atoms in total. The molecule has 0 atom stereocenters. The van der Waals surface area contributed by atoms with Crippen LogP contribution in [0, 0.1) is 0 Å². The zero-order valence-corrected chi connectivity index (χ0v) is 20.3. The first kappa shape index (κ1) is 26.1. The molecule has 0 aliphatic carbocycles. The van der Waals surface area contributed by atoms with Crippen molar-refractivity contribution in [2.24, 2.45) is 14.1 Å². The summed E-state index contributed by atoms with van der Waals surface area (Å²) in [6.07, 6.45) is 16.7. The molecule has 5 aromatic rings. The lowest BCUT2D eigenvalue weighted by Gasteiger charge is -1.98. The van der Waals surface area contributed by atoms with E-state index in [4.69, 9.17) is 28.3 Å². The Hall–Kier alpha value is -4.56. The molecule has 5 heterocycles. The van der Waals surface area contributed by atoms with Crippen molar-refractivity contribution in [2.45, 2.75) is 0 Å². The minimum absolute atomic E-state index is 0.107. The molecule has 0 aliphatic rings. The first-order chi connectivity index (χ1) is 17.2. The number of carboxylic acids is 1. The molecule has 0 aliphatic heterocycles. The van der Waals surface area contributed by atoms with Crippen LogP contribution in [0.3, 0.4) is 0 Å². The fraction of sp³-hybridized carbons (Fsp3) is 0.100. The van der Waals surface area contributed by atoms with Crippen molar-refractivity contribution >= 4 is 41.1 Å². The van der Waals surface area contributed by atoms with Crippen LogP contribution >= 0.6 is 23.2 Å². The molecule has 1 N–H and O–H groups in total. The van der Waals surface area contributed by atoms with Crippen LogP contribution in [0.25, 0.3) is 0 Å². The molecule has 16 heteroatoms. The maximum Gasteiger partial charge on any atom is 0.357 e. The molecule has 0 spiro atoms. The van der Waals surface area contributed by atoms with E-state index in [9.17, 15) is 14.4 Å². The monoisotopic (exact) mass is 532 g/mol. The van der Waals surface area contributed by atoms with Gasteiger partial charge in [-0.25, -0.2) is 24.5 Å². The fourth-order valence-corrected chi connectivity index (χ4v) is 3.11. The minimum atomic E-state index is -1.11. The van der Waals surface area contributed by atoms with E-state index in [-0.39, 0.29) is 28.3 Å². The molecule has 0 fully saturated rings. The Balaban J connectivity index is 0.000000153. The van der Waals surface area contributed by atoms with Gasteiger partial charge in [0, 0.05) is 63.7 Å². The summed E-state index contributed by atoms with van der Waals surface area (Å²) in [5, 5.41) is 16.5. The van der Waals surface area contributed by atoms with Gasteiger partial charge in [-0.1, -0.05) is 23.2 Å². The number of rotatable bonds is 2.